The quantitative estimate of drug-likeness (QED) is 0.719. The Morgan fingerprint density at radius 3 is 2.83 bits per heavy atom. The number of carbonyl (C=O) groups is 1. The lowest BCUT2D eigenvalue weighted by Gasteiger charge is -2.30. The zero-order valence-corrected chi connectivity index (χ0v) is 17.0. The standard InChI is InChI=1S/C19H26F2N4O4/c1-12(10-28-16(20)21)25(18(26)29-19(2,3)4)17-22-9-13-5-7-24(15(13)23-17)14-6-8-27-11-14/h5,7,9,12,14,16H,6,8,10-11H2,1-4H3/t12?,14-/m1/s1. The fraction of sp³-hybridized carbons (Fsp3) is 0.632. The van der Waals surface area contributed by atoms with Crippen molar-refractivity contribution < 1.29 is 27.8 Å². The molecular formula is C19H26F2N4O4. The van der Waals surface area contributed by atoms with Crippen LogP contribution in [0.1, 0.15) is 40.2 Å². The van der Waals surface area contributed by atoms with Gasteiger partial charge in [-0.25, -0.2) is 14.7 Å². The molecule has 2 atom stereocenters. The van der Waals surface area contributed by atoms with Gasteiger partial charge in [-0.1, -0.05) is 0 Å². The van der Waals surface area contributed by atoms with E-state index in [0.717, 1.165) is 16.7 Å². The molecule has 0 radical (unpaired) electrons. The predicted molar refractivity (Wildman–Crippen MR) is 102 cm³/mol. The lowest BCUT2D eigenvalue weighted by atomic mass is 10.2. The third kappa shape index (κ3) is 5.18. The maximum Gasteiger partial charge on any atom is 0.417 e. The molecule has 1 unspecified atom stereocenters. The number of aromatic nitrogens is 3. The fourth-order valence-corrected chi connectivity index (χ4v) is 3.14. The van der Waals surface area contributed by atoms with Crippen molar-refractivity contribution in [2.24, 2.45) is 0 Å². The SMILES string of the molecule is CC(COC(F)F)N(C(=O)OC(C)(C)C)c1ncc2ccn([C@@H]3CCOC3)c2n1. The van der Waals surface area contributed by atoms with E-state index in [1.54, 1.807) is 33.9 Å². The van der Waals surface area contributed by atoms with Gasteiger partial charge in [0, 0.05) is 24.4 Å². The van der Waals surface area contributed by atoms with Crippen LogP contribution in [0.5, 0.6) is 0 Å². The third-order valence-corrected chi connectivity index (χ3v) is 4.45. The van der Waals surface area contributed by atoms with E-state index >= 15 is 0 Å². The van der Waals surface area contributed by atoms with Gasteiger partial charge in [-0.3, -0.25) is 0 Å². The molecule has 1 aliphatic rings. The number of nitrogens with zero attached hydrogens (tertiary/aromatic N) is 4. The number of amides is 1. The van der Waals surface area contributed by atoms with E-state index in [4.69, 9.17) is 9.47 Å². The highest BCUT2D eigenvalue weighted by Gasteiger charge is 2.31. The van der Waals surface area contributed by atoms with Crippen LogP contribution in [0, 0.1) is 0 Å². The normalized spacial score (nSPS) is 18.4. The number of alkyl halides is 2. The first-order valence-electron chi connectivity index (χ1n) is 9.49. The molecule has 1 aliphatic heterocycles. The molecular weight excluding hydrogens is 386 g/mol. The molecule has 0 aromatic carbocycles. The molecule has 1 fully saturated rings. The number of rotatable bonds is 6. The maximum absolute atomic E-state index is 12.8. The van der Waals surface area contributed by atoms with Crippen LogP contribution in [0.15, 0.2) is 18.5 Å². The molecule has 8 nitrogen and oxygen atoms in total. The summed E-state index contributed by atoms with van der Waals surface area (Å²) in [6.07, 6.45) is 3.63. The molecule has 1 saturated heterocycles. The fourth-order valence-electron chi connectivity index (χ4n) is 3.14. The highest BCUT2D eigenvalue weighted by atomic mass is 19.3. The third-order valence-electron chi connectivity index (χ3n) is 4.45. The van der Waals surface area contributed by atoms with E-state index in [-0.39, 0.29) is 12.0 Å². The Bertz CT molecular complexity index is 846. The molecule has 0 bridgehead atoms. The lowest BCUT2D eigenvalue weighted by molar-refractivity contribution is -0.131. The van der Waals surface area contributed by atoms with Crippen LogP contribution in [-0.2, 0) is 14.2 Å². The second kappa shape index (κ2) is 8.58. The Morgan fingerprint density at radius 1 is 1.45 bits per heavy atom. The van der Waals surface area contributed by atoms with Crippen molar-refractivity contribution in [3.8, 4) is 0 Å². The number of ether oxygens (including phenoxy) is 3. The smallest absolute Gasteiger partial charge is 0.417 e. The summed E-state index contributed by atoms with van der Waals surface area (Å²) in [5, 5.41) is 0.807. The van der Waals surface area contributed by atoms with Gasteiger partial charge in [0.15, 0.2) is 0 Å². The number of hydrogen-bond donors (Lipinski definition) is 0. The number of hydrogen-bond acceptors (Lipinski definition) is 6. The maximum atomic E-state index is 12.8. The molecule has 0 saturated carbocycles. The average Bonchev–Trinajstić information content (AvgIpc) is 3.27. The van der Waals surface area contributed by atoms with Crippen molar-refractivity contribution >= 4 is 23.1 Å². The summed E-state index contributed by atoms with van der Waals surface area (Å²) in [7, 11) is 0. The second-order valence-corrected chi connectivity index (χ2v) is 7.98. The van der Waals surface area contributed by atoms with E-state index in [1.807, 2.05) is 16.8 Å². The van der Waals surface area contributed by atoms with Gasteiger partial charge in [-0.15, -0.1) is 0 Å². The largest absolute Gasteiger partial charge is 0.443 e. The van der Waals surface area contributed by atoms with Crippen molar-refractivity contribution in [3.63, 3.8) is 0 Å². The Morgan fingerprint density at radius 2 is 2.21 bits per heavy atom. The minimum absolute atomic E-state index is 0.0657. The summed E-state index contributed by atoms with van der Waals surface area (Å²) in [5.41, 5.74) is -0.134. The summed E-state index contributed by atoms with van der Waals surface area (Å²) in [6.45, 7) is 4.66. The van der Waals surface area contributed by atoms with Crippen LogP contribution in [-0.4, -0.2) is 58.7 Å². The van der Waals surface area contributed by atoms with E-state index in [9.17, 15) is 13.6 Å². The average molecular weight is 412 g/mol. The Balaban J connectivity index is 1.95. The zero-order chi connectivity index (χ0) is 21.2. The zero-order valence-electron chi connectivity index (χ0n) is 17.0. The first kappa shape index (κ1) is 21.4. The Kier molecular flexibility index (Phi) is 6.33. The van der Waals surface area contributed by atoms with Crippen LogP contribution >= 0.6 is 0 Å². The van der Waals surface area contributed by atoms with E-state index in [2.05, 4.69) is 14.7 Å². The number of carbonyl (C=O) groups excluding carboxylic acids is 1. The number of fused-ring (bicyclic) bond motifs is 1. The molecule has 29 heavy (non-hydrogen) atoms. The lowest BCUT2D eigenvalue weighted by Crippen LogP contribution is -2.45. The van der Waals surface area contributed by atoms with Crippen molar-refractivity contribution in [1.82, 2.24) is 14.5 Å². The number of anilines is 1. The molecule has 2 aromatic rings. The minimum Gasteiger partial charge on any atom is -0.443 e. The Hall–Kier alpha value is -2.33. The van der Waals surface area contributed by atoms with Gasteiger partial charge in [0.25, 0.3) is 0 Å². The van der Waals surface area contributed by atoms with Gasteiger partial charge in [0.05, 0.1) is 25.3 Å². The summed E-state index contributed by atoms with van der Waals surface area (Å²) >= 11 is 0. The summed E-state index contributed by atoms with van der Waals surface area (Å²) in [4.78, 5) is 22.8. The monoisotopic (exact) mass is 412 g/mol. The topological polar surface area (TPSA) is 78.7 Å². The molecule has 0 N–H and O–H groups in total. The molecule has 160 valence electrons. The molecule has 2 aromatic heterocycles. The molecule has 0 aliphatic carbocycles. The van der Waals surface area contributed by atoms with Gasteiger partial charge in [-0.05, 0) is 40.2 Å². The highest BCUT2D eigenvalue weighted by molar-refractivity contribution is 5.88. The molecule has 3 heterocycles. The Labute approximate surface area is 167 Å². The van der Waals surface area contributed by atoms with Gasteiger partial charge < -0.3 is 18.8 Å². The van der Waals surface area contributed by atoms with Crippen LogP contribution < -0.4 is 4.90 Å². The van der Waals surface area contributed by atoms with E-state index in [1.165, 1.54) is 0 Å². The first-order valence-corrected chi connectivity index (χ1v) is 9.49. The van der Waals surface area contributed by atoms with Crippen molar-refractivity contribution in [2.45, 2.75) is 58.4 Å². The molecule has 0 spiro atoms. The van der Waals surface area contributed by atoms with Gasteiger partial charge in [0.1, 0.15) is 11.2 Å². The predicted octanol–water partition coefficient (Wildman–Crippen LogP) is 3.76. The molecule has 10 heteroatoms. The molecule has 3 rings (SSSR count). The summed E-state index contributed by atoms with van der Waals surface area (Å²) < 4.78 is 42.3. The van der Waals surface area contributed by atoms with Crippen LogP contribution in [0.25, 0.3) is 11.0 Å². The van der Waals surface area contributed by atoms with Crippen LogP contribution in [0.4, 0.5) is 19.5 Å². The van der Waals surface area contributed by atoms with Crippen molar-refractivity contribution in [1.29, 1.82) is 0 Å². The van der Waals surface area contributed by atoms with E-state index in [0.29, 0.717) is 18.9 Å². The van der Waals surface area contributed by atoms with Gasteiger partial charge in [-0.2, -0.15) is 13.8 Å². The van der Waals surface area contributed by atoms with Crippen LogP contribution in [0.3, 0.4) is 0 Å². The van der Waals surface area contributed by atoms with Gasteiger partial charge in [0.2, 0.25) is 5.95 Å². The van der Waals surface area contributed by atoms with E-state index < -0.39 is 31.0 Å². The van der Waals surface area contributed by atoms with Crippen LogP contribution in [0.2, 0.25) is 0 Å². The molecule has 1 amide bonds. The van der Waals surface area contributed by atoms with Crippen molar-refractivity contribution in [2.75, 3.05) is 24.7 Å². The second-order valence-electron chi connectivity index (χ2n) is 7.98. The summed E-state index contributed by atoms with van der Waals surface area (Å²) in [5.74, 6) is 0.0657. The number of halogens is 2. The minimum atomic E-state index is -2.94. The first-order chi connectivity index (χ1) is 13.7. The highest BCUT2D eigenvalue weighted by Crippen LogP contribution is 2.26. The van der Waals surface area contributed by atoms with Gasteiger partial charge >= 0.3 is 12.7 Å². The summed E-state index contributed by atoms with van der Waals surface area (Å²) in [6, 6.07) is 1.26. The van der Waals surface area contributed by atoms with Crippen molar-refractivity contribution in [3.05, 3.63) is 18.5 Å².